The van der Waals surface area contributed by atoms with E-state index in [1.54, 1.807) is 6.07 Å². The van der Waals surface area contributed by atoms with Gasteiger partial charge in [-0.25, -0.2) is 9.07 Å². The van der Waals surface area contributed by atoms with Crippen molar-refractivity contribution >= 4 is 5.82 Å². The number of hydrogen-bond donors (Lipinski definition) is 2. The summed E-state index contributed by atoms with van der Waals surface area (Å²) < 4.78 is 14.5. The van der Waals surface area contributed by atoms with E-state index in [0.717, 1.165) is 0 Å². The molecule has 0 aromatic carbocycles. The van der Waals surface area contributed by atoms with Crippen molar-refractivity contribution in [2.24, 2.45) is 0 Å². The van der Waals surface area contributed by atoms with E-state index >= 15 is 0 Å². The Kier molecular flexibility index (Phi) is 1.99. The first-order valence-electron chi connectivity index (χ1n) is 4.66. The van der Waals surface area contributed by atoms with Crippen molar-refractivity contribution in [2.75, 3.05) is 12.3 Å². The minimum Gasteiger partial charge on any atom is -0.394 e. The first-order chi connectivity index (χ1) is 6.58. The van der Waals surface area contributed by atoms with E-state index in [9.17, 15) is 4.39 Å². The van der Waals surface area contributed by atoms with Crippen LogP contribution in [0, 0.1) is 0 Å². The number of aromatic nitrogens is 2. The smallest absolute Gasteiger partial charge is 0.122 e. The van der Waals surface area contributed by atoms with Gasteiger partial charge in [0.2, 0.25) is 0 Å². The Morgan fingerprint density at radius 2 is 2.50 bits per heavy atom. The van der Waals surface area contributed by atoms with E-state index in [0.29, 0.717) is 24.5 Å². The van der Waals surface area contributed by atoms with Crippen LogP contribution in [-0.2, 0) is 12.0 Å². The number of aliphatic hydroxyl groups excluding tert-OH is 1. The molecule has 2 atom stereocenters. The van der Waals surface area contributed by atoms with Gasteiger partial charge in [-0.1, -0.05) is 6.92 Å². The fourth-order valence-electron chi connectivity index (χ4n) is 1.56. The molecular weight excluding hydrogens is 185 g/mol. The summed E-state index contributed by atoms with van der Waals surface area (Å²) >= 11 is 0. The average molecular weight is 199 g/mol. The molecule has 2 rings (SSSR count). The zero-order chi connectivity index (χ0) is 10.3. The average Bonchev–Trinajstić information content (AvgIpc) is 2.57. The summed E-state index contributed by atoms with van der Waals surface area (Å²) in [5, 5.41) is 12.9. The van der Waals surface area contributed by atoms with Gasteiger partial charge in [0.15, 0.2) is 0 Å². The SMILES string of the molecule is CC1(c2cc(N)n(CCO)n2)CC1F. The Balaban J connectivity index is 2.24. The summed E-state index contributed by atoms with van der Waals surface area (Å²) in [5.74, 6) is 0.481. The standard InChI is InChI=1S/C9H14FN3O/c1-9(5-6(9)10)7-4-8(11)13(12-7)2-3-14/h4,6,14H,2-3,5,11H2,1H3. The van der Waals surface area contributed by atoms with Crippen LogP contribution in [0.15, 0.2) is 6.07 Å². The Labute approximate surface area is 81.5 Å². The van der Waals surface area contributed by atoms with E-state index in [1.807, 2.05) is 6.92 Å². The maximum absolute atomic E-state index is 13.0. The van der Waals surface area contributed by atoms with Crippen molar-refractivity contribution in [3.63, 3.8) is 0 Å². The van der Waals surface area contributed by atoms with Crippen molar-refractivity contribution < 1.29 is 9.50 Å². The molecule has 1 heterocycles. The molecule has 14 heavy (non-hydrogen) atoms. The van der Waals surface area contributed by atoms with Crippen molar-refractivity contribution in [3.8, 4) is 0 Å². The highest BCUT2D eigenvalue weighted by Gasteiger charge is 2.54. The first kappa shape index (κ1) is 9.45. The lowest BCUT2D eigenvalue weighted by Gasteiger charge is -2.02. The third-order valence-electron chi connectivity index (χ3n) is 2.84. The molecule has 1 aliphatic rings. The zero-order valence-electron chi connectivity index (χ0n) is 8.07. The van der Waals surface area contributed by atoms with Gasteiger partial charge in [-0.2, -0.15) is 5.10 Å². The number of anilines is 1. The van der Waals surface area contributed by atoms with Crippen LogP contribution in [0.5, 0.6) is 0 Å². The van der Waals surface area contributed by atoms with Crippen molar-refractivity contribution in [3.05, 3.63) is 11.8 Å². The molecule has 0 radical (unpaired) electrons. The molecule has 0 amide bonds. The van der Waals surface area contributed by atoms with Gasteiger partial charge in [-0.05, 0) is 6.42 Å². The highest BCUT2D eigenvalue weighted by atomic mass is 19.1. The molecule has 1 saturated carbocycles. The van der Waals surface area contributed by atoms with E-state index in [2.05, 4.69) is 5.10 Å². The number of hydrogen-bond acceptors (Lipinski definition) is 3. The van der Waals surface area contributed by atoms with Crippen LogP contribution in [0.3, 0.4) is 0 Å². The van der Waals surface area contributed by atoms with E-state index in [4.69, 9.17) is 10.8 Å². The van der Waals surface area contributed by atoms with Crippen LogP contribution in [0.1, 0.15) is 19.0 Å². The molecule has 78 valence electrons. The van der Waals surface area contributed by atoms with Gasteiger partial charge in [0.1, 0.15) is 12.0 Å². The third kappa shape index (κ3) is 1.28. The minimum atomic E-state index is -0.806. The van der Waals surface area contributed by atoms with Crippen LogP contribution in [-0.4, -0.2) is 27.7 Å². The second-order valence-corrected chi connectivity index (χ2v) is 3.99. The van der Waals surface area contributed by atoms with Crippen molar-refractivity contribution in [1.82, 2.24) is 9.78 Å². The lowest BCUT2D eigenvalue weighted by atomic mass is 10.1. The van der Waals surface area contributed by atoms with Crippen molar-refractivity contribution in [2.45, 2.75) is 31.5 Å². The quantitative estimate of drug-likeness (QED) is 0.743. The van der Waals surface area contributed by atoms with Gasteiger partial charge in [0.05, 0.1) is 18.8 Å². The lowest BCUT2D eigenvalue weighted by Crippen LogP contribution is -2.10. The molecule has 0 spiro atoms. The summed E-state index contributed by atoms with van der Waals surface area (Å²) in [4.78, 5) is 0. The van der Waals surface area contributed by atoms with Crippen LogP contribution >= 0.6 is 0 Å². The number of aliphatic hydroxyl groups is 1. The zero-order valence-corrected chi connectivity index (χ0v) is 8.07. The molecule has 0 bridgehead atoms. The van der Waals surface area contributed by atoms with Crippen LogP contribution in [0.4, 0.5) is 10.2 Å². The third-order valence-corrected chi connectivity index (χ3v) is 2.84. The van der Waals surface area contributed by atoms with Crippen LogP contribution < -0.4 is 5.73 Å². The van der Waals surface area contributed by atoms with Gasteiger partial charge >= 0.3 is 0 Å². The first-order valence-corrected chi connectivity index (χ1v) is 4.66. The lowest BCUT2D eigenvalue weighted by molar-refractivity contribution is 0.270. The number of nitrogen functional groups attached to an aromatic ring is 1. The molecule has 0 saturated heterocycles. The number of halogens is 1. The molecule has 5 heteroatoms. The van der Waals surface area contributed by atoms with Gasteiger partial charge in [-0.3, -0.25) is 0 Å². The monoisotopic (exact) mass is 199 g/mol. The fraction of sp³-hybridized carbons (Fsp3) is 0.667. The van der Waals surface area contributed by atoms with Crippen molar-refractivity contribution in [1.29, 1.82) is 0 Å². The van der Waals surface area contributed by atoms with Gasteiger partial charge in [0.25, 0.3) is 0 Å². The predicted molar refractivity (Wildman–Crippen MR) is 50.6 cm³/mol. The molecule has 1 fully saturated rings. The molecular formula is C9H14FN3O. The second-order valence-electron chi connectivity index (χ2n) is 3.99. The van der Waals surface area contributed by atoms with E-state index in [-0.39, 0.29) is 6.61 Å². The summed E-state index contributed by atoms with van der Waals surface area (Å²) in [6.45, 7) is 2.18. The summed E-state index contributed by atoms with van der Waals surface area (Å²) in [5.41, 5.74) is 5.91. The predicted octanol–water partition coefficient (Wildman–Crippen LogP) is 0.457. The molecule has 1 aliphatic carbocycles. The number of rotatable bonds is 3. The Morgan fingerprint density at radius 3 is 3.00 bits per heavy atom. The second kappa shape index (κ2) is 2.95. The maximum atomic E-state index is 13.0. The molecule has 0 aliphatic heterocycles. The maximum Gasteiger partial charge on any atom is 0.122 e. The van der Waals surface area contributed by atoms with Crippen LogP contribution in [0.2, 0.25) is 0 Å². The topological polar surface area (TPSA) is 64.1 Å². The fourth-order valence-corrected chi connectivity index (χ4v) is 1.56. The number of alkyl halides is 1. The largest absolute Gasteiger partial charge is 0.394 e. The van der Waals surface area contributed by atoms with Gasteiger partial charge in [-0.15, -0.1) is 0 Å². The highest BCUT2D eigenvalue weighted by Crippen LogP contribution is 2.49. The summed E-state index contributed by atoms with van der Waals surface area (Å²) in [6.07, 6.45) is -0.290. The molecule has 1 aromatic heterocycles. The van der Waals surface area contributed by atoms with Gasteiger partial charge in [0, 0.05) is 11.5 Å². The van der Waals surface area contributed by atoms with Crippen LogP contribution in [0.25, 0.3) is 0 Å². The molecule has 3 N–H and O–H groups in total. The highest BCUT2D eigenvalue weighted by molar-refractivity contribution is 5.38. The number of nitrogens with two attached hydrogens (primary N) is 1. The summed E-state index contributed by atoms with van der Waals surface area (Å²) in [7, 11) is 0. The Hall–Kier alpha value is -1.10. The van der Waals surface area contributed by atoms with Gasteiger partial charge < -0.3 is 10.8 Å². The minimum absolute atomic E-state index is 0.0128. The number of nitrogens with zero attached hydrogens (tertiary/aromatic N) is 2. The normalized spacial score (nSPS) is 30.6. The molecule has 2 unspecified atom stereocenters. The molecule has 4 nitrogen and oxygen atoms in total. The molecule has 1 aromatic rings. The summed E-state index contributed by atoms with van der Waals surface area (Å²) in [6, 6.07) is 1.69. The van der Waals surface area contributed by atoms with E-state index in [1.165, 1.54) is 4.68 Å². The van der Waals surface area contributed by atoms with E-state index < -0.39 is 11.6 Å². The Morgan fingerprint density at radius 1 is 1.86 bits per heavy atom. The Bertz CT molecular complexity index is 352.